The van der Waals surface area contributed by atoms with Crippen molar-refractivity contribution in [2.45, 2.75) is 18.9 Å². The SMILES string of the molecule is CN(CC(=O)Cl)[C@@H](CCC(=O)Cl)C(=O)Cl. The van der Waals surface area contributed by atoms with Gasteiger partial charge in [-0.2, -0.15) is 0 Å². The van der Waals surface area contributed by atoms with Crippen LogP contribution in [0.5, 0.6) is 0 Å². The van der Waals surface area contributed by atoms with E-state index >= 15 is 0 Å². The fraction of sp³-hybridized carbons (Fsp3) is 0.625. The lowest BCUT2D eigenvalue weighted by molar-refractivity contribution is -0.118. The van der Waals surface area contributed by atoms with Gasteiger partial charge in [0.25, 0.3) is 0 Å². The molecule has 0 aromatic heterocycles. The van der Waals surface area contributed by atoms with Gasteiger partial charge in [-0.25, -0.2) is 0 Å². The van der Waals surface area contributed by atoms with Crippen molar-refractivity contribution < 1.29 is 14.4 Å². The number of likely N-dealkylation sites (N-methyl/N-ethyl adjacent to an activating group) is 1. The zero-order valence-electron chi connectivity index (χ0n) is 8.00. The molecule has 0 aliphatic rings. The molecule has 7 heteroatoms. The summed E-state index contributed by atoms with van der Waals surface area (Å²) in [6, 6.07) is -0.725. The van der Waals surface area contributed by atoms with E-state index in [2.05, 4.69) is 0 Å². The molecule has 4 nitrogen and oxygen atoms in total. The lowest BCUT2D eigenvalue weighted by Crippen LogP contribution is -2.39. The molecule has 0 bridgehead atoms. The largest absolute Gasteiger partial charge is 0.287 e. The van der Waals surface area contributed by atoms with E-state index in [4.69, 9.17) is 34.8 Å². The Morgan fingerprint density at radius 1 is 1.13 bits per heavy atom. The van der Waals surface area contributed by atoms with Crippen LogP contribution >= 0.6 is 34.8 Å². The third-order valence-corrected chi connectivity index (χ3v) is 2.34. The standard InChI is InChI=1S/C8H10Cl3NO3/c1-12(4-7(10)14)5(8(11)15)2-3-6(9)13/h5H,2-4H2,1H3/t5-/m0/s1. The van der Waals surface area contributed by atoms with E-state index in [1.807, 2.05) is 0 Å². The molecule has 0 unspecified atom stereocenters. The quantitative estimate of drug-likeness (QED) is 0.658. The maximum absolute atomic E-state index is 11.0. The molecule has 0 aliphatic heterocycles. The van der Waals surface area contributed by atoms with Crippen molar-refractivity contribution in [1.29, 1.82) is 0 Å². The van der Waals surface area contributed by atoms with Gasteiger partial charge in [-0.1, -0.05) is 0 Å². The van der Waals surface area contributed by atoms with E-state index in [9.17, 15) is 14.4 Å². The summed E-state index contributed by atoms with van der Waals surface area (Å²) in [4.78, 5) is 33.5. The van der Waals surface area contributed by atoms with Crippen molar-refractivity contribution in [3.8, 4) is 0 Å². The summed E-state index contributed by atoms with van der Waals surface area (Å²) in [6.07, 6.45) is 0.191. The van der Waals surface area contributed by atoms with Crippen LogP contribution in [-0.2, 0) is 14.4 Å². The monoisotopic (exact) mass is 273 g/mol. The summed E-state index contributed by atoms with van der Waals surface area (Å²) in [5.41, 5.74) is 0. The van der Waals surface area contributed by atoms with Gasteiger partial charge in [0.15, 0.2) is 0 Å². The second-order valence-electron chi connectivity index (χ2n) is 2.98. The van der Waals surface area contributed by atoms with E-state index in [1.165, 1.54) is 11.9 Å². The van der Waals surface area contributed by atoms with E-state index < -0.39 is 21.8 Å². The Hall–Kier alpha value is -0.160. The first-order chi connectivity index (χ1) is 6.84. The zero-order valence-corrected chi connectivity index (χ0v) is 10.3. The average Bonchev–Trinajstić information content (AvgIpc) is 2.01. The second-order valence-corrected chi connectivity index (χ2v) is 4.20. The lowest BCUT2D eigenvalue weighted by atomic mass is 10.1. The zero-order chi connectivity index (χ0) is 12.0. The Morgan fingerprint density at radius 2 is 1.67 bits per heavy atom. The normalized spacial score (nSPS) is 12.6. The van der Waals surface area contributed by atoms with Crippen LogP contribution in [0.15, 0.2) is 0 Å². The number of hydrogen-bond donors (Lipinski definition) is 0. The minimum absolute atomic E-state index is 0.0193. The Kier molecular flexibility index (Phi) is 7.09. The van der Waals surface area contributed by atoms with Crippen LogP contribution in [0.4, 0.5) is 0 Å². The van der Waals surface area contributed by atoms with E-state index in [-0.39, 0.29) is 19.4 Å². The summed E-state index contributed by atoms with van der Waals surface area (Å²) in [6.45, 7) is -0.110. The Morgan fingerprint density at radius 3 is 2.00 bits per heavy atom. The molecule has 0 fully saturated rings. The van der Waals surface area contributed by atoms with Crippen molar-refractivity contribution in [3.63, 3.8) is 0 Å². The first kappa shape index (κ1) is 14.8. The molecule has 0 rings (SSSR count). The number of halogens is 3. The summed E-state index contributed by atoms with van der Waals surface area (Å²) in [5, 5.41) is -1.80. The van der Waals surface area contributed by atoms with Crippen molar-refractivity contribution in [1.82, 2.24) is 4.90 Å². The highest BCUT2D eigenvalue weighted by Crippen LogP contribution is 2.10. The highest BCUT2D eigenvalue weighted by molar-refractivity contribution is 6.65. The van der Waals surface area contributed by atoms with Crippen LogP contribution in [0.2, 0.25) is 0 Å². The maximum Gasteiger partial charge on any atom is 0.238 e. The molecule has 0 spiro atoms. The van der Waals surface area contributed by atoms with Gasteiger partial charge in [-0.3, -0.25) is 19.3 Å². The van der Waals surface area contributed by atoms with Crippen molar-refractivity contribution in [2.24, 2.45) is 0 Å². The fourth-order valence-electron chi connectivity index (χ4n) is 1.06. The molecule has 86 valence electrons. The molecule has 0 amide bonds. The van der Waals surface area contributed by atoms with Gasteiger partial charge < -0.3 is 0 Å². The van der Waals surface area contributed by atoms with Crippen LogP contribution < -0.4 is 0 Å². The number of nitrogens with zero attached hydrogens (tertiary/aromatic N) is 1. The van der Waals surface area contributed by atoms with Crippen molar-refractivity contribution in [2.75, 3.05) is 13.6 Å². The molecule has 1 atom stereocenters. The topological polar surface area (TPSA) is 54.5 Å². The number of carbonyl (C=O) groups is 3. The molecule has 0 aliphatic carbocycles. The summed E-state index contributed by atoms with van der Waals surface area (Å²) in [5.74, 6) is 0. The molecule has 0 aromatic carbocycles. The molecule has 0 saturated carbocycles. The van der Waals surface area contributed by atoms with Crippen LogP contribution in [0.25, 0.3) is 0 Å². The second kappa shape index (κ2) is 7.17. The molecule has 0 N–H and O–H groups in total. The van der Waals surface area contributed by atoms with Crippen LogP contribution in [-0.4, -0.2) is 40.3 Å². The molecular formula is C8H10Cl3NO3. The van der Waals surface area contributed by atoms with Crippen molar-refractivity contribution in [3.05, 3.63) is 0 Å². The lowest BCUT2D eigenvalue weighted by Gasteiger charge is -2.22. The van der Waals surface area contributed by atoms with Gasteiger partial charge in [0.1, 0.15) is 0 Å². The molecule has 0 aromatic rings. The van der Waals surface area contributed by atoms with Gasteiger partial charge in [0.2, 0.25) is 15.7 Å². The maximum atomic E-state index is 11.0. The van der Waals surface area contributed by atoms with Gasteiger partial charge in [0, 0.05) is 6.42 Å². The molecule has 15 heavy (non-hydrogen) atoms. The predicted molar refractivity (Wildman–Crippen MR) is 58.2 cm³/mol. The van der Waals surface area contributed by atoms with E-state index in [0.29, 0.717) is 0 Å². The highest BCUT2D eigenvalue weighted by atomic mass is 35.5. The van der Waals surface area contributed by atoms with Gasteiger partial charge in [-0.15, -0.1) is 0 Å². The van der Waals surface area contributed by atoms with Crippen LogP contribution in [0.1, 0.15) is 12.8 Å². The van der Waals surface area contributed by atoms with Crippen LogP contribution in [0, 0.1) is 0 Å². The Labute approximate surface area is 102 Å². The van der Waals surface area contributed by atoms with E-state index in [1.54, 1.807) is 0 Å². The molecule has 0 saturated heterocycles. The first-order valence-corrected chi connectivity index (χ1v) is 5.24. The third-order valence-electron chi connectivity index (χ3n) is 1.78. The number of hydrogen-bond acceptors (Lipinski definition) is 4. The fourth-order valence-corrected chi connectivity index (χ4v) is 1.64. The smallest absolute Gasteiger partial charge is 0.238 e. The molecule has 0 heterocycles. The Bertz CT molecular complexity index is 270. The van der Waals surface area contributed by atoms with E-state index in [0.717, 1.165) is 0 Å². The van der Waals surface area contributed by atoms with Gasteiger partial charge in [-0.05, 0) is 48.3 Å². The molecular weight excluding hydrogens is 264 g/mol. The highest BCUT2D eigenvalue weighted by Gasteiger charge is 2.23. The number of carbonyl (C=O) groups excluding carboxylic acids is 3. The summed E-state index contributed by atoms with van der Waals surface area (Å²) in [7, 11) is 1.52. The predicted octanol–water partition coefficient (Wildman–Crippen LogP) is 1.36. The Balaban J connectivity index is 4.31. The van der Waals surface area contributed by atoms with Gasteiger partial charge in [0.05, 0.1) is 12.6 Å². The minimum atomic E-state index is -0.725. The average molecular weight is 275 g/mol. The third kappa shape index (κ3) is 6.84. The van der Waals surface area contributed by atoms with Gasteiger partial charge >= 0.3 is 0 Å². The summed E-state index contributed by atoms with van der Waals surface area (Å²) >= 11 is 15.6. The van der Waals surface area contributed by atoms with Crippen LogP contribution in [0.3, 0.4) is 0 Å². The minimum Gasteiger partial charge on any atom is -0.287 e. The number of rotatable bonds is 7. The summed E-state index contributed by atoms with van der Waals surface area (Å²) < 4.78 is 0. The first-order valence-electron chi connectivity index (χ1n) is 4.10. The van der Waals surface area contributed by atoms with Crippen molar-refractivity contribution >= 4 is 50.5 Å². The molecule has 0 radical (unpaired) electrons.